The van der Waals surface area contributed by atoms with E-state index in [1.165, 1.54) is 18.7 Å². The van der Waals surface area contributed by atoms with Gasteiger partial charge in [-0.15, -0.1) is 5.73 Å². The molecule has 0 aliphatic rings. The molecule has 2 N–H and O–H groups in total. The van der Waals surface area contributed by atoms with Crippen molar-refractivity contribution in [3.63, 3.8) is 0 Å². The summed E-state index contributed by atoms with van der Waals surface area (Å²) >= 11 is 0. The van der Waals surface area contributed by atoms with E-state index in [4.69, 9.17) is 11.7 Å². The Balaban J connectivity index is 2.01. The third-order valence-corrected chi connectivity index (χ3v) is 5.56. The van der Waals surface area contributed by atoms with Gasteiger partial charge in [0.25, 0.3) is 5.56 Å². The molecule has 0 unspecified atom stereocenters. The lowest BCUT2D eigenvalue weighted by Crippen LogP contribution is -2.26. The monoisotopic (exact) mass is 443 g/mol. The molecule has 0 aliphatic heterocycles. The minimum atomic E-state index is -1.29. The average molecular weight is 444 g/mol. The topological polar surface area (TPSA) is 87.1 Å². The molecule has 0 saturated heterocycles. The number of rotatable bonds is 7. The molecule has 7 heteroatoms. The summed E-state index contributed by atoms with van der Waals surface area (Å²) in [5.74, 6) is -1.94. The van der Waals surface area contributed by atoms with E-state index in [-0.39, 0.29) is 16.8 Å². The van der Waals surface area contributed by atoms with E-state index in [1.54, 1.807) is 6.08 Å². The largest absolute Gasteiger partial charge is 0.503 e. The van der Waals surface area contributed by atoms with E-state index in [9.17, 15) is 14.7 Å². The van der Waals surface area contributed by atoms with Crippen LogP contribution in [-0.4, -0.2) is 33.8 Å². The minimum absolute atomic E-state index is 0.112. The highest BCUT2D eigenvalue weighted by molar-refractivity contribution is 5.88. The van der Waals surface area contributed by atoms with Crippen LogP contribution in [0, 0.1) is 13.5 Å². The SMILES string of the molecule is [C-]#[N+]c1c(C)c(C=C=Cc2ccc3cc(N(CC)CC)ccc3c2)c(=O)n(CC(=O)O)c1O. The molecule has 0 saturated carbocycles. The summed E-state index contributed by atoms with van der Waals surface area (Å²) in [7, 11) is 0. The van der Waals surface area contributed by atoms with Gasteiger partial charge in [-0.05, 0) is 73.0 Å². The maximum Gasteiger partial charge on any atom is 0.323 e. The summed E-state index contributed by atoms with van der Waals surface area (Å²) < 4.78 is 0.680. The van der Waals surface area contributed by atoms with Gasteiger partial charge in [0.2, 0.25) is 5.69 Å². The van der Waals surface area contributed by atoms with Gasteiger partial charge in [-0.1, -0.05) is 18.2 Å². The van der Waals surface area contributed by atoms with Crippen LogP contribution < -0.4 is 10.5 Å². The number of aromatic hydroxyl groups is 1. The summed E-state index contributed by atoms with van der Waals surface area (Å²) in [6, 6.07) is 12.3. The fraction of sp³-hybridized carbons (Fsp3) is 0.231. The van der Waals surface area contributed by atoms with Gasteiger partial charge in [0, 0.05) is 24.3 Å². The van der Waals surface area contributed by atoms with Crippen molar-refractivity contribution in [3.05, 3.63) is 80.6 Å². The molecule has 33 heavy (non-hydrogen) atoms. The Bertz CT molecular complexity index is 1390. The summed E-state index contributed by atoms with van der Waals surface area (Å²) in [5.41, 5.74) is 4.55. The highest BCUT2D eigenvalue weighted by Gasteiger charge is 2.19. The van der Waals surface area contributed by atoms with Crippen LogP contribution in [-0.2, 0) is 11.3 Å². The summed E-state index contributed by atoms with van der Waals surface area (Å²) in [4.78, 5) is 29.3. The fourth-order valence-electron chi connectivity index (χ4n) is 3.76. The van der Waals surface area contributed by atoms with Gasteiger partial charge < -0.3 is 15.1 Å². The Morgan fingerprint density at radius 1 is 1.15 bits per heavy atom. The van der Waals surface area contributed by atoms with Crippen molar-refractivity contribution in [2.24, 2.45) is 0 Å². The van der Waals surface area contributed by atoms with Crippen LogP contribution in [0.5, 0.6) is 5.88 Å². The summed E-state index contributed by atoms with van der Waals surface area (Å²) in [6.07, 6.45) is 3.13. The molecule has 0 aliphatic carbocycles. The molecule has 3 rings (SSSR count). The predicted octanol–water partition coefficient (Wildman–Crippen LogP) is 4.82. The molecule has 0 bridgehead atoms. The maximum atomic E-state index is 12.7. The Hall–Kier alpha value is -4.27. The van der Waals surface area contributed by atoms with Crippen molar-refractivity contribution in [2.75, 3.05) is 18.0 Å². The molecule has 3 aromatic rings. The standard InChI is InChI=1S/C26H25N3O4/c1-5-28(6-2)21-13-12-19-14-18(10-11-20(19)15-21)8-7-9-22-17(3)24(27-4)26(33)29(25(22)32)16-23(30)31/h8-15,33H,5-6,16H2,1-3H3,(H,30,31). The van der Waals surface area contributed by atoms with Gasteiger partial charge in [-0.3, -0.25) is 14.2 Å². The van der Waals surface area contributed by atoms with Crippen molar-refractivity contribution in [3.8, 4) is 5.88 Å². The molecule has 0 fully saturated rings. The van der Waals surface area contributed by atoms with Crippen LogP contribution in [0.1, 0.15) is 30.5 Å². The van der Waals surface area contributed by atoms with Crippen molar-refractivity contribution < 1.29 is 15.0 Å². The van der Waals surface area contributed by atoms with Crippen LogP contribution in [0.25, 0.3) is 27.8 Å². The number of hydrogen-bond acceptors (Lipinski definition) is 4. The van der Waals surface area contributed by atoms with Gasteiger partial charge in [0.05, 0.1) is 6.57 Å². The van der Waals surface area contributed by atoms with Crippen molar-refractivity contribution in [1.82, 2.24) is 4.57 Å². The molecular weight excluding hydrogens is 418 g/mol. The van der Waals surface area contributed by atoms with Crippen LogP contribution in [0.3, 0.4) is 0 Å². The number of hydrogen-bond donors (Lipinski definition) is 2. The molecule has 7 nitrogen and oxygen atoms in total. The van der Waals surface area contributed by atoms with Gasteiger partial charge in [0.1, 0.15) is 6.54 Å². The number of carboxylic acids is 1. The molecule has 1 heterocycles. The lowest BCUT2D eigenvalue weighted by molar-refractivity contribution is -0.137. The second-order valence-corrected chi connectivity index (χ2v) is 7.53. The zero-order chi connectivity index (χ0) is 24.1. The average Bonchev–Trinajstić information content (AvgIpc) is 2.80. The van der Waals surface area contributed by atoms with Crippen molar-refractivity contribution >= 4 is 40.3 Å². The van der Waals surface area contributed by atoms with Gasteiger partial charge >= 0.3 is 5.97 Å². The molecule has 0 amide bonds. The molecule has 2 aromatic carbocycles. The van der Waals surface area contributed by atoms with Gasteiger partial charge in [-0.25, -0.2) is 4.85 Å². The second kappa shape index (κ2) is 9.90. The molecule has 0 radical (unpaired) electrons. The Morgan fingerprint density at radius 3 is 2.45 bits per heavy atom. The number of aliphatic carboxylic acids is 1. The molecule has 0 atom stereocenters. The Labute approximate surface area is 192 Å². The zero-order valence-electron chi connectivity index (χ0n) is 18.8. The highest BCUT2D eigenvalue weighted by atomic mass is 16.4. The summed E-state index contributed by atoms with van der Waals surface area (Å²) in [6.45, 7) is 14.2. The van der Waals surface area contributed by atoms with Gasteiger partial charge in [0.15, 0.2) is 5.88 Å². The van der Waals surface area contributed by atoms with Crippen LogP contribution in [0.15, 0.2) is 46.9 Å². The normalized spacial score (nSPS) is 10.4. The second-order valence-electron chi connectivity index (χ2n) is 7.53. The van der Waals surface area contributed by atoms with Crippen molar-refractivity contribution in [2.45, 2.75) is 27.3 Å². The van der Waals surface area contributed by atoms with E-state index < -0.39 is 24.0 Å². The minimum Gasteiger partial charge on any atom is -0.503 e. The highest BCUT2D eigenvalue weighted by Crippen LogP contribution is 2.31. The first-order valence-electron chi connectivity index (χ1n) is 10.6. The van der Waals surface area contributed by atoms with E-state index in [0.717, 1.165) is 29.4 Å². The quantitative estimate of drug-likeness (QED) is 0.404. The number of carboxylic acid groups (broad SMARTS) is 1. The number of benzene rings is 2. The van der Waals surface area contributed by atoms with E-state index in [1.807, 2.05) is 18.2 Å². The van der Waals surface area contributed by atoms with E-state index >= 15 is 0 Å². The summed E-state index contributed by atoms with van der Waals surface area (Å²) in [5, 5.41) is 21.4. The lowest BCUT2D eigenvalue weighted by Gasteiger charge is -2.21. The van der Waals surface area contributed by atoms with E-state index in [0.29, 0.717) is 4.57 Å². The molecule has 1 aromatic heterocycles. The number of fused-ring (bicyclic) bond motifs is 1. The Kier molecular flexibility index (Phi) is 7.02. The predicted molar refractivity (Wildman–Crippen MR) is 131 cm³/mol. The lowest BCUT2D eigenvalue weighted by atomic mass is 10.1. The first-order chi connectivity index (χ1) is 15.8. The molecular formula is C26H25N3O4. The van der Waals surface area contributed by atoms with E-state index in [2.05, 4.69) is 47.5 Å². The zero-order valence-corrected chi connectivity index (χ0v) is 18.8. The van der Waals surface area contributed by atoms with Gasteiger partial charge in [-0.2, -0.15) is 0 Å². The number of pyridine rings is 1. The maximum absolute atomic E-state index is 12.7. The molecule has 0 spiro atoms. The van der Waals surface area contributed by atoms with Crippen LogP contribution in [0.2, 0.25) is 0 Å². The van der Waals surface area contributed by atoms with Crippen molar-refractivity contribution in [1.29, 1.82) is 0 Å². The smallest absolute Gasteiger partial charge is 0.323 e. The number of carbonyl (C=O) groups is 1. The van der Waals surface area contributed by atoms with Crippen LogP contribution >= 0.6 is 0 Å². The first kappa shape index (κ1) is 23.4. The fourth-order valence-corrected chi connectivity index (χ4v) is 3.76. The van der Waals surface area contributed by atoms with Crippen LogP contribution in [0.4, 0.5) is 11.4 Å². The molecule has 168 valence electrons. The number of nitrogens with zero attached hydrogens (tertiary/aromatic N) is 3. The number of anilines is 1. The first-order valence-corrected chi connectivity index (χ1v) is 10.6. The Morgan fingerprint density at radius 2 is 1.82 bits per heavy atom. The third kappa shape index (κ3) is 4.82. The number of aromatic nitrogens is 1. The third-order valence-electron chi connectivity index (χ3n) is 5.56.